The molecule has 254 valence electrons. The van der Waals surface area contributed by atoms with Gasteiger partial charge < -0.3 is 40.6 Å². The topological polar surface area (TPSA) is 316 Å². The second-order valence-electron chi connectivity index (χ2n) is 10.4. The van der Waals surface area contributed by atoms with E-state index in [0.29, 0.717) is 11.3 Å². The van der Waals surface area contributed by atoms with Crippen LogP contribution in [0.1, 0.15) is 12.5 Å². The van der Waals surface area contributed by atoms with E-state index in [1.54, 1.807) is 0 Å². The Bertz CT molecular complexity index is 2170. The molecule has 3 saturated heterocycles. The Morgan fingerprint density at radius 3 is 2.36 bits per heavy atom. The lowest BCUT2D eigenvalue weighted by Gasteiger charge is -2.27. The minimum absolute atomic E-state index is 0.0677. The summed E-state index contributed by atoms with van der Waals surface area (Å²) in [7, 11) is 0. The molecule has 7 heterocycles. The third-order valence-electron chi connectivity index (χ3n) is 7.41. The summed E-state index contributed by atoms with van der Waals surface area (Å²) in [6.07, 6.45) is -11.0. The number of hydrogen-bond acceptors (Lipinski definition) is 19. The molecule has 0 spiro atoms. The van der Waals surface area contributed by atoms with Crippen LogP contribution in [0.5, 0.6) is 0 Å². The van der Waals surface area contributed by atoms with Crippen LogP contribution in [0.4, 0.5) is 11.9 Å². The van der Waals surface area contributed by atoms with Gasteiger partial charge in [-0.15, -0.1) is 0 Å². The number of ether oxygens (including phenoxy) is 2. The van der Waals surface area contributed by atoms with E-state index in [1.165, 1.54) is 4.57 Å². The summed E-state index contributed by atoms with van der Waals surface area (Å²) in [5, 5.41) is 22.4. The fourth-order valence-electron chi connectivity index (χ4n) is 5.39. The van der Waals surface area contributed by atoms with Gasteiger partial charge in [-0.05, 0) is 11.8 Å². The number of H-pyrrole nitrogens is 2. The van der Waals surface area contributed by atoms with Crippen LogP contribution in [0.2, 0.25) is 0 Å². The van der Waals surface area contributed by atoms with Crippen molar-refractivity contribution in [2.24, 2.45) is 0 Å². The molecule has 9 N–H and O–H groups in total. The van der Waals surface area contributed by atoms with Crippen molar-refractivity contribution < 1.29 is 47.2 Å². The van der Waals surface area contributed by atoms with Crippen LogP contribution < -0.4 is 27.5 Å². The van der Waals surface area contributed by atoms with E-state index in [9.17, 15) is 34.1 Å². The number of hydrogen-bond donors (Lipinski definition) is 8. The van der Waals surface area contributed by atoms with Crippen LogP contribution in [0.15, 0.2) is 20.7 Å². The van der Waals surface area contributed by atoms with E-state index in [-0.39, 0.29) is 33.4 Å². The molecule has 2 bridgehead atoms. The number of rotatable bonds is 2. The maximum absolute atomic E-state index is 13.6. The maximum atomic E-state index is 13.6. The Hall–Kier alpha value is -2.61. The van der Waals surface area contributed by atoms with Gasteiger partial charge in [-0.3, -0.25) is 47.1 Å². The molecular weight excluding hydrogens is 732 g/mol. The van der Waals surface area contributed by atoms with Crippen molar-refractivity contribution in [2.75, 3.05) is 24.7 Å². The van der Waals surface area contributed by atoms with Crippen LogP contribution in [0, 0.1) is 0 Å². The molecule has 27 heteroatoms. The lowest BCUT2D eigenvalue weighted by molar-refractivity contribution is -0.0590. The summed E-state index contributed by atoms with van der Waals surface area (Å²) in [6.45, 7) is -10.1. The first-order chi connectivity index (χ1) is 22.1. The summed E-state index contributed by atoms with van der Waals surface area (Å²) < 4.78 is 49.5. The third-order valence-corrected chi connectivity index (χ3v) is 11.5. The number of nitrogens with one attached hydrogen (secondary N) is 2. The zero-order valence-electron chi connectivity index (χ0n) is 23.1. The smallest absolute Gasteiger partial charge is 0.386 e. The van der Waals surface area contributed by atoms with Crippen molar-refractivity contribution in [3.05, 3.63) is 36.7 Å². The summed E-state index contributed by atoms with van der Waals surface area (Å²) in [4.78, 5) is 64.5. The molecule has 7 rings (SSSR count). The Balaban J connectivity index is 1.23. The molecule has 4 aromatic heterocycles. The predicted octanol–water partition coefficient (Wildman–Crippen LogP) is -1.97. The van der Waals surface area contributed by atoms with E-state index < -0.39 is 91.8 Å². The highest BCUT2D eigenvalue weighted by Crippen LogP contribution is 2.58. The largest absolute Gasteiger partial charge is 0.387 e. The number of anilines is 2. The molecule has 3 aliphatic rings. The molecule has 0 radical (unpaired) electrons. The normalized spacial score (nSPS) is 36.6. The summed E-state index contributed by atoms with van der Waals surface area (Å²) in [5.41, 5.74) is 9.58. The van der Waals surface area contributed by atoms with Gasteiger partial charge in [-0.2, -0.15) is 9.97 Å². The van der Waals surface area contributed by atoms with Gasteiger partial charge in [0.05, 0.1) is 19.5 Å². The Labute approximate surface area is 273 Å². The van der Waals surface area contributed by atoms with Gasteiger partial charge in [0, 0.05) is 0 Å². The average molecular weight is 756 g/mol. The molecule has 0 saturated carbocycles. The molecule has 0 amide bonds. The van der Waals surface area contributed by atoms with Gasteiger partial charge in [0.25, 0.3) is 11.1 Å². The van der Waals surface area contributed by atoms with E-state index in [4.69, 9.17) is 50.8 Å². The summed E-state index contributed by atoms with van der Waals surface area (Å²) >= 11 is 9.72. The molecule has 3 aliphatic heterocycles. The van der Waals surface area contributed by atoms with Crippen molar-refractivity contribution in [3.8, 4) is 0 Å². The number of nitrogen functional groups attached to an aromatic ring is 2. The summed E-state index contributed by atoms with van der Waals surface area (Å²) in [6, 6.07) is 0. The maximum Gasteiger partial charge on any atom is 0.386 e. The SMILES string of the molecule is Nc1nc2c(ncn2[C@@H]2O[C@@H]3COP(O)(=S)O[C@H]4[C@@H](O)[C@H](n5c(=O)sc6c(=O)[nH]c(N)nc65)O[C@@H]4COP(=O)(S)O[C@@H]2[C@@H]3O)c(=O)[nH]1. The number of aromatic amines is 2. The lowest BCUT2D eigenvalue weighted by Crippen LogP contribution is -2.37. The molecular formula is C20H23N9O13P2S3. The minimum atomic E-state index is -4.47. The molecule has 22 nitrogen and oxygen atoms in total. The lowest BCUT2D eigenvalue weighted by atomic mass is 10.1. The number of aliphatic hydroxyl groups is 2. The number of nitrogens with zero attached hydrogens (tertiary/aromatic N) is 5. The Morgan fingerprint density at radius 2 is 1.62 bits per heavy atom. The van der Waals surface area contributed by atoms with Gasteiger partial charge in [-0.25, -0.2) is 9.55 Å². The van der Waals surface area contributed by atoms with E-state index in [1.807, 2.05) is 0 Å². The number of aromatic nitrogens is 7. The first-order valence-electron chi connectivity index (χ1n) is 13.2. The van der Waals surface area contributed by atoms with Crippen molar-refractivity contribution >= 4 is 82.3 Å². The highest BCUT2D eigenvalue weighted by atomic mass is 32.7. The predicted molar refractivity (Wildman–Crippen MR) is 166 cm³/mol. The zero-order valence-corrected chi connectivity index (χ0v) is 27.4. The molecule has 4 aromatic rings. The molecule has 0 aliphatic carbocycles. The number of thiazole rings is 1. The molecule has 3 fully saturated rings. The highest BCUT2D eigenvalue weighted by molar-refractivity contribution is 8.44. The quantitative estimate of drug-likeness (QED) is 0.0813. The van der Waals surface area contributed by atoms with Gasteiger partial charge in [0.2, 0.25) is 11.9 Å². The number of aliphatic hydroxyl groups excluding tert-OH is 2. The van der Waals surface area contributed by atoms with E-state index in [0.717, 1.165) is 10.9 Å². The van der Waals surface area contributed by atoms with Crippen LogP contribution in [-0.2, 0) is 43.9 Å². The van der Waals surface area contributed by atoms with Gasteiger partial charge in [0.15, 0.2) is 29.3 Å². The van der Waals surface area contributed by atoms with E-state index >= 15 is 0 Å². The first kappa shape index (κ1) is 32.9. The van der Waals surface area contributed by atoms with Crippen molar-refractivity contribution in [1.29, 1.82) is 0 Å². The number of fused-ring (bicyclic) bond motifs is 5. The van der Waals surface area contributed by atoms with Crippen molar-refractivity contribution in [2.45, 2.75) is 49.1 Å². The second kappa shape index (κ2) is 11.8. The molecule has 47 heavy (non-hydrogen) atoms. The van der Waals surface area contributed by atoms with E-state index in [2.05, 4.69) is 37.2 Å². The Kier molecular flexibility index (Phi) is 8.24. The third kappa shape index (κ3) is 5.88. The Morgan fingerprint density at radius 1 is 0.957 bits per heavy atom. The number of nitrogens with two attached hydrogens (primary N) is 2. The van der Waals surface area contributed by atoms with Crippen LogP contribution >= 0.6 is 37.1 Å². The van der Waals surface area contributed by atoms with Crippen LogP contribution in [-0.4, -0.2) is 99.0 Å². The van der Waals surface area contributed by atoms with Crippen molar-refractivity contribution in [1.82, 2.24) is 34.1 Å². The average Bonchev–Trinajstić information content (AvgIpc) is 3.70. The van der Waals surface area contributed by atoms with Gasteiger partial charge in [-0.1, -0.05) is 23.6 Å². The number of imidazole rings is 1. The highest BCUT2D eigenvalue weighted by Gasteiger charge is 2.53. The van der Waals surface area contributed by atoms with Gasteiger partial charge >= 0.3 is 18.4 Å². The number of thiol groups is 1. The van der Waals surface area contributed by atoms with Crippen LogP contribution in [0.25, 0.3) is 21.5 Å². The van der Waals surface area contributed by atoms with Gasteiger partial charge in [0.1, 0.15) is 41.3 Å². The molecule has 10 atom stereocenters. The minimum Gasteiger partial charge on any atom is -0.387 e. The summed E-state index contributed by atoms with van der Waals surface area (Å²) in [5.74, 6) is -0.567. The standard InChI is InChI=1S/C20H23N9O13P2S3/c21-18-24-12-6(14(32)26-18)23-3-28(12)17-10-7(30)4(39-17)1-37-43(35,45)41-9-5(2-38-44(36,46)42-10)40-16(8(9)31)29-13-11(47-20(29)34)15(33)27-19(22)25-13/h3-5,7-10,16-17,30-31H,1-2H2,(H,35,45)(H,36,46)(H3,21,24,26,32)(H3,22,25,27,33)/t4-,5-,7-,8-,9-,10-,16-,17-,43?,44?/m1/s1. The van der Waals surface area contributed by atoms with Crippen LogP contribution in [0.3, 0.4) is 0 Å². The monoisotopic (exact) mass is 755 g/mol. The first-order valence-corrected chi connectivity index (χ1v) is 19.3. The second-order valence-corrected chi connectivity index (χ2v) is 17.0. The molecule has 0 aromatic carbocycles. The molecule has 2 unspecified atom stereocenters. The fraction of sp³-hybridized carbons (Fsp3) is 0.500. The fourth-order valence-corrected chi connectivity index (χ4v) is 9.14. The van der Waals surface area contributed by atoms with Crippen molar-refractivity contribution in [3.63, 3.8) is 0 Å². The zero-order chi connectivity index (χ0) is 33.6.